The number of benzene rings is 2. The molecule has 9 heteroatoms. The number of likely N-dealkylation sites (N-methyl/N-ethyl adjacent to an activating group) is 1. The third-order valence-electron chi connectivity index (χ3n) is 5.05. The minimum atomic E-state index is -1.87. The Balaban J connectivity index is 1.78. The van der Waals surface area contributed by atoms with E-state index in [4.69, 9.17) is 0 Å². The number of nitrogens with one attached hydrogen (secondary N) is 1. The first-order valence-electron chi connectivity index (χ1n) is 9.38. The quantitative estimate of drug-likeness (QED) is 0.550. The van der Waals surface area contributed by atoms with Crippen molar-refractivity contribution in [1.82, 2.24) is 10.2 Å². The molecule has 1 heterocycles. The van der Waals surface area contributed by atoms with Gasteiger partial charge in [0.1, 0.15) is 10.7 Å². The van der Waals surface area contributed by atoms with E-state index >= 15 is 0 Å². The maximum atomic E-state index is 13.1. The molecule has 2 unspecified atom stereocenters. The van der Waals surface area contributed by atoms with Crippen molar-refractivity contribution in [2.75, 3.05) is 19.6 Å². The van der Waals surface area contributed by atoms with Crippen LogP contribution in [0.1, 0.15) is 30.1 Å². The number of hydrogen-bond acceptors (Lipinski definition) is 5. The SMILES string of the molecule is CCN1CCCC1CNC(=O)c1ccc(S(=O)c2ccc(F)cc2)c([N+](=O)[O-])c1. The van der Waals surface area contributed by atoms with Crippen molar-refractivity contribution in [3.63, 3.8) is 0 Å². The van der Waals surface area contributed by atoms with Crippen LogP contribution in [0.3, 0.4) is 0 Å². The van der Waals surface area contributed by atoms with Gasteiger partial charge in [-0.2, -0.15) is 0 Å². The molecule has 3 rings (SSSR count). The van der Waals surface area contributed by atoms with E-state index in [0.29, 0.717) is 6.54 Å². The summed E-state index contributed by atoms with van der Waals surface area (Å²) >= 11 is 0. The van der Waals surface area contributed by atoms with Crippen LogP contribution >= 0.6 is 0 Å². The van der Waals surface area contributed by atoms with Crippen molar-refractivity contribution in [2.45, 2.75) is 35.6 Å². The zero-order valence-electron chi connectivity index (χ0n) is 16.0. The van der Waals surface area contributed by atoms with Gasteiger partial charge in [-0.05, 0) is 62.3 Å². The van der Waals surface area contributed by atoms with Crippen LogP contribution in [0.15, 0.2) is 52.3 Å². The lowest BCUT2D eigenvalue weighted by molar-refractivity contribution is -0.387. The Hall–Kier alpha value is -2.65. The Kier molecular flexibility index (Phi) is 6.71. The molecule has 0 spiro atoms. The van der Waals surface area contributed by atoms with Gasteiger partial charge in [0.05, 0.1) is 15.7 Å². The molecule has 2 aromatic rings. The number of rotatable bonds is 7. The smallest absolute Gasteiger partial charge is 0.286 e. The summed E-state index contributed by atoms with van der Waals surface area (Å²) in [5.41, 5.74) is -0.269. The number of carbonyl (C=O) groups excluding carboxylic acids is 1. The molecule has 0 bridgehead atoms. The molecule has 0 aromatic heterocycles. The molecule has 1 aliphatic heterocycles. The predicted octanol–water partition coefficient (Wildman–Crippen LogP) is 3.11. The zero-order valence-corrected chi connectivity index (χ0v) is 16.8. The molecule has 29 heavy (non-hydrogen) atoms. The Morgan fingerprint density at radius 1 is 1.31 bits per heavy atom. The van der Waals surface area contributed by atoms with Crippen molar-refractivity contribution in [3.8, 4) is 0 Å². The van der Waals surface area contributed by atoms with Gasteiger partial charge in [-0.15, -0.1) is 0 Å². The topological polar surface area (TPSA) is 92.6 Å². The number of nitrogens with zero attached hydrogens (tertiary/aromatic N) is 2. The van der Waals surface area contributed by atoms with Gasteiger partial charge in [0.15, 0.2) is 0 Å². The summed E-state index contributed by atoms with van der Waals surface area (Å²) in [6, 6.07) is 9.06. The molecule has 1 fully saturated rings. The van der Waals surface area contributed by atoms with Crippen LogP contribution in [0.2, 0.25) is 0 Å². The molecule has 154 valence electrons. The molecule has 2 aromatic carbocycles. The van der Waals surface area contributed by atoms with Crippen LogP contribution in [0, 0.1) is 15.9 Å². The summed E-state index contributed by atoms with van der Waals surface area (Å²) in [6.07, 6.45) is 2.09. The molecule has 1 saturated heterocycles. The lowest BCUT2D eigenvalue weighted by Gasteiger charge is -2.22. The second kappa shape index (κ2) is 9.23. The minimum absolute atomic E-state index is 0.0360. The van der Waals surface area contributed by atoms with Crippen LogP contribution in [0.25, 0.3) is 0 Å². The van der Waals surface area contributed by atoms with Crippen LogP contribution < -0.4 is 5.32 Å². The Bertz CT molecular complexity index is 936. The average Bonchev–Trinajstić information content (AvgIpc) is 3.19. The summed E-state index contributed by atoms with van der Waals surface area (Å²) in [5, 5.41) is 14.3. The third-order valence-corrected chi connectivity index (χ3v) is 6.49. The largest absolute Gasteiger partial charge is 0.350 e. The Morgan fingerprint density at radius 3 is 2.69 bits per heavy atom. The maximum absolute atomic E-state index is 13.1. The van der Waals surface area contributed by atoms with Gasteiger partial charge in [0.25, 0.3) is 11.6 Å². The van der Waals surface area contributed by atoms with Crippen LogP contribution in [0.5, 0.6) is 0 Å². The standard InChI is InChI=1S/C20H22FN3O4S/c1-2-23-11-3-4-16(23)13-22-20(25)14-5-10-19(18(12-14)24(26)27)29(28)17-8-6-15(21)7-9-17/h5-10,12,16H,2-4,11,13H2,1H3,(H,22,25). The first kappa shape index (κ1) is 21.1. The summed E-state index contributed by atoms with van der Waals surface area (Å²) in [4.78, 5) is 25.8. The lowest BCUT2D eigenvalue weighted by Crippen LogP contribution is -2.40. The van der Waals surface area contributed by atoms with E-state index in [1.807, 2.05) is 0 Å². The van der Waals surface area contributed by atoms with Gasteiger partial charge in [0.2, 0.25) is 0 Å². The normalized spacial score (nSPS) is 17.8. The van der Waals surface area contributed by atoms with Crippen molar-refractivity contribution in [1.29, 1.82) is 0 Å². The number of halogens is 1. The monoisotopic (exact) mass is 419 g/mol. The van der Waals surface area contributed by atoms with Crippen molar-refractivity contribution in [2.24, 2.45) is 0 Å². The first-order chi connectivity index (χ1) is 13.9. The minimum Gasteiger partial charge on any atom is -0.350 e. The molecule has 0 aliphatic carbocycles. The van der Waals surface area contributed by atoms with Gasteiger partial charge >= 0.3 is 0 Å². The van der Waals surface area contributed by atoms with Crippen molar-refractivity contribution < 1.29 is 18.3 Å². The van der Waals surface area contributed by atoms with Gasteiger partial charge in [-0.1, -0.05) is 6.92 Å². The van der Waals surface area contributed by atoms with Gasteiger partial charge < -0.3 is 5.32 Å². The van der Waals surface area contributed by atoms with Crippen LogP contribution in [0.4, 0.5) is 10.1 Å². The van der Waals surface area contributed by atoms with E-state index in [-0.39, 0.29) is 21.4 Å². The fourth-order valence-electron chi connectivity index (χ4n) is 3.50. The first-order valence-corrected chi connectivity index (χ1v) is 10.5. The highest BCUT2D eigenvalue weighted by molar-refractivity contribution is 7.85. The Labute approximate surface area is 170 Å². The van der Waals surface area contributed by atoms with E-state index in [2.05, 4.69) is 17.1 Å². The van der Waals surface area contributed by atoms with Crippen molar-refractivity contribution >= 4 is 22.4 Å². The molecular weight excluding hydrogens is 397 g/mol. The molecule has 2 atom stereocenters. The fourth-order valence-corrected chi connectivity index (χ4v) is 4.65. The summed E-state index contributed by atoms with van der Waals surface area (Å²) < 4.78 is 25.8. The van der Waals surface area contributed by atoms with Crippen molar-refractivity contribution in [3.05, 3.63) is 64.0 Å². The van der Waals surface area contributed by atoms with Gasteiger partial charge in [-0.3, -0.25) is 19.8 Å². The summed E-state index contributed by atoms with van der Waals surface area (Å²) in [7, 11) is -1.87. The predicted molar refractivity (Wildman–Crippen MR) is 107 cm³/mol. The van der Waals surface area contributed by atoms with E-state index < -0.39 is 33.1 Å². The zero-order chi connectivity index (χ0) is 21.0. The highest BCUT2D eigenvalue weighted by Crippen LogP contribution is 2.27. The Morgan fingerprint density at radius 2 is 2.03 bits per heavy atom. The number of likely N-dealkylation sites (tertiary alicyclic amines) is 1. The number of amides is 1. The molecule has 1 aliphatic rings. The van der Waals surface area contributed by atoms with E-state index in [0.717, 1.165) is 44.1 Å². The van der Waals surface area contributed by atoms with Crippen LogP contribution in [-0.4, -0.2) is 45.6 Å². The number of carbonyl (C=O) groups is 1. The van der Waals surface area contributed by atoms with Gasteiger partial charge in [0, 0.05) is 29.1 Å². The number of nitro groups is 1. The molecular formula is C20H22FN3O4S. The van der Waals surface area contributed by atoms with E-state index in [1.165, 1.54) is 24.3 Å². The summed E-state index contributed by atoms with van der Waals surface area (Å²) in [5.74, 6) is -0.897. The highest BCUT2D eigenvalue weighted by Gasteiger charge is 2.25. The molecule has 0 saturated carbocycles. The highest BCUT2D eigenvalue weighted by atomic mass is 32.2. The van der Waals surface area contributed by atoms with Gasteiger partial charge in [-0.25, -0.2) is 8.60 Å². The fraction of sp³-hybridized carbons (Fsp3) is 0.350. The van der Waals surface area contributed by atoms with E-state index in [9.17, 15) is 23.5 Å². The second-order valence-electron chi connectivity index (χ2n) is 6.80. The molecule has 1 amide bonds. The lowest BCUT2D eigenvalue weighted by atomic mass is 10.1. The molecule has 7 nitrogen and oxygen atoms in total. The summed E-state index contributed by atoms with van der Waals surface area (Å²) in [6.45, 7) is 4.47. The van der Waals surface area contributed by atoms with E-state index in [1.54, 1.807) is 0 Å². The third kappa shape index (κ3) is 4.86. The average molecular weight is 419 g/mol. The molecule has 1 N–H and O–H groups in total. The number of hydrogen-bond donors (Lipinski definition) is 1. The molecule has 0 radical (unpaired) electrons. The number of nitro benzene ring substituents is 1. The van der Waals surface area contributed by atoms with Crippen LogP contribution in [-0.2, 0) is 10.8 Å². The maximum Gasteiger partial charge on any atom is 0.286 e. The second-order valence-corrected chi connectivity index (χ2v) is 8.25.